The number of nitrogens with zero attached hydrogens (tertiary/aromatic N) is 1. The third-order valence-electron chi connectivity index (χ3n) is 8.05. The Hall–Kier alpha value is -2.13. The van der Waals surface area contributed by atoms with Gasteiger partial charge in [0.1, 0.15) is 0 Å². The summed E-state index contributed by atoms with van der Waals surface area (Å²) in [6, 6.07) is 13.9. The van der Waals surface area contributed by atoms with Gasteiger partial charge in [0.15, 0.2) is 0 Å². The van der Waals surface area contributed by atoms with E-state index in [0.29, 0.717) is 22.9 Å². The number of hydrogen-bond acceptors (Lipinski definition) is 4. The molecule has 0 bridgehead atoms. The lowest BCUT2D eigenvalue weighted by molar-refractivity contribution is -0.162. The van der Waals surface area contributed by atoms with Crippen LogP contribution < -0.4 is 4.72 Å². The number of aliphatic carboxylic acids is 1. The standard InChI is InChI=1S/C28H34Cl2N2O5S/c1-3-28(16-25(33)34)15-23(20-6-5-7-22(30)14-20)26(19-10-12-21(29)13-11-19)32(27(28)35)24(18-8-9-18)17-31-38(36,37)4-2/h5-7,10-14,18,23-24,26,31H,3-4,8-9,15-17H2,1-2H3,(H,33,34)/t23-,24-,26-,28+/m1/s1. The summed E-state index contributed by atoms with van der Waals surface area (Å²) in [6.07, 6.45) is 2.11. The lowest BCUT2D eigenvalue weighted by atomic mass is 9.64. The summed E-state index contributed by atoms with van der Waals surface area (Å²) in [7, 11) is -3.51. The molecule has 2 aromatic rings. The molecule has 4 atom stereocenters. The molecule has 0 spiro atoms. The minimum absolute atomic E-state index is 0.0675. The van der Waals surface area contributed by atoms with E-state index >= 15 is 0 Å². The Morgan fingerprint density at radius 2 is 1.79 bits per heavy atom. The fourth-order valence-corrected chi connectivity index (χ4v) is 6.76. The molecule has 1 saturated heterocycles. The van der Waals surface area contributed by atoms with Gasteiger partial charge < -0.3 is 10.0 Å². The minimum atomic E-state index is -3.51. The van der Waals surface area contributed by atoms with Crippen LogP contribution in [0, 0.1) is 11.3 Å². The molecular formula is C28H34Cl2N2O5S. The largest absolute Gasteiger partial charge is 0.481 e. The van der Waals surface area contributed by atoms with E-state index < -0.39 is 33.5 Å². The number of sulfonamides is 1. The number of rotatable bonds is 11. The number of carbonyl (C=O) groups is 2. The first-order chi connectivity index (χ1) is 18.0. The van der Waals surface area contributed by atoms with E-state index in [2.05, 4.69) is 4.72 Å². The lowest BCUT2D eigenvalue weighted by Crippen LogP contribution is -2.59. The molecule has 1 saturated carbocycles. The van der Waals surface area contributed by atoms with E-state index in [1.165, 1.54) is 0 Å². The summed E-state index contributed by atoms with van der Waals surface area (Å²) in [6.45, 7) is 3.50. The topological polar surface area (TPSA) is 104 Å². The highest BCUT2D eigenvalue weighted by Gasteiger charge is 2.55. The van der Waals surface area contributed by atoms with Crippen LogP contribution in [0.2, 0.25) is 10.0 Å². The molecule has 2 aromatic carbocycles. The van der Waals surface area contributed by atoms with Gasteiger partial charge in [0, 0.05) is 28.5 Å². The maximum Gasteiger partial charge on any atom is 0.304 e. The second-order valence-corrected chi connectivity index (χ2v) is 13.4. The number of halogens is 2. The molecule has 38 heavy (non-hydrogen) atoms. The maximum atomic E-state index is 14.5. The Bertz CT molecular complexity index is 1280. The molecule has 206 valence electrons. The van der Waals surface area contributed by atoms with Crippen molar-refractivity contribution in [2.45, 2.75) is 64.0 Å². The van der Waals surface area contributed by atoms with E-state index in [-0.39, 0.29) is 36.5 Å². The van der Waals surface area contributed by atoms with E-state index in [1.54, 1.807) is 30.0 Å². The lowest BCUT2D eigenvalue weighted by Gasteiger charge is -2.53. The number of piperidine rings is 1. The van der Waals surface area contributed by atoms with Crippen LogP contribution in [0.25, 0.3) is 0 Å². The summed E-state index contributed by atoms with van der Waals surface area (Å²) in [5.41, 5.74) is 0.622. The molecule has 4 rings (SSSR count). The first-order valence-corrected chi connectivity index (χ1v) is 15.4. The molecule has 1 aliphatic heterocycles. The molecule has 0 aromatic heterocycles. The highest BCUT2D eigenvalue weighted by molar-refractivity contribution is 7.89. The van der Waals surface area contributed by atoms with Crippen molar-refractivity contribution in [3.63, 3.8) is 0 Å². The molecule has 1 heterocycles. The number of carbonyl (C=O) groups excluding carboxylic acids is 1. The highest BCUT2D eigenvalue weighted by atomic mass is 35.5. The molecule has 1 amide bonds. The fourth-order valence-electron chi connectivity index (χ4n) is 5.81. The number of hydrogen-bond donors (Lipinski definition) is 2. The Morgan fingerprint density at radius 3 is 2.34 bits per heavy atom. The van der Waals surface area contributed by atoms with Crippen LogP contribution >= 0.6 is 23.2 Å². The summed E-state index contributed by atoms with van der Waals surface area (Å²) in [5.74, 6) is -1.50. The van der Waals surface area contributed by atoms with Crippen LogP contribution in [0.5, 0.6) is 0 Å². The molecule has 0 unspecified atom stereocenters. The van der Waals surface area contributed by atoms with E-state index in [1.807, 2.05) is 37.3 Å². The summed E-state index contributed by atoms with van der Waals surface area (Å²) in [5, 5.41) is 11.0. The number of benzene rings is 2. The monoisotopic (exact) mass is 580 g/mol. The van der Waals surface area contributed by atoms with Crippen molar-refractivity contribution in [1.29, 1.82) is 0 Å². The summed E-state index contributed by atoms with van der Waals surface area (Å²) >= 11 is 12.6. The van der Waals surface area contributed by atoms with Gasteiger partial charge in [-0.1, -0.05) is 54.4 Å². The predicted octanol–water partition coefficient (Wildman–Crippen LogP) is 5.64. The maximum absolute atomic E-state index is 14.5. The van der Waals surface area contributed by atoms with Crippen LogP contribution in [0.15, 0.2) is 48.5 Å². The van der Waals surface area contributed by atoms with Gasteiger partial charge in [0.2, 0.25) is 15.9 Å². The second kappa shape index (κ2) is 11.5. The zero-order chi connectivity index (χ0) is 27.7. The van der Waals surface area contributed by atoms with Gasteiger partial charge >= 0.3 is 5.97 Å². The first-order valence-electron chi connectivity index (χ1n) is 13.0. The van der Waals surface area contributed by atoms with Gasteiger partial charge in [-0.05, 0) is 73.9 Å². The normalized spacial score (nSPS) is 24.8. The molecule has 7 nitrogen and oxygen atoms in total. The minimum Gasteiger partial charge on any atom is -0.481 e. The van der Waals surface area contributed by atoms with Crippen molar-refractivity contribution in [3.05, 3.63) is 69.7 Å². The van der Waals surface area contributed by atoms with E-state index in [4.69, 9.17) is 23.2 Å². The number of likely N-dealkylation sites (tertiary alicyclic amines) is 1. The van der Waals surface area contributed by atoms with Crippen molar-refractivity contribution in [2.75, 3.05) is 12.3 Å². The zero-order valence-corrected chi connectivity index (χ0v) is 23.9. The number of carboxylic acid groups (broad SMARTS) is 1. The van der Waals surface area contributed by atoms with Crippen LogP contribution in [-0.2, 0) is 19.6 Å². The van der Waals surface area contributed by atoms with Crippen LogP contribution in [0.3, 0.4) is 0 Å². The molecule has 2 N–H and O–H groups in total. The molecular weight excluding hydrogens is 547 g/mol. The van der Waals surface area contributed by atoms with Crippen molar-refractivity contribution in [3.8, 4) is 0 Å². The number of nitrogens with one attached hydrogen (secondary N) is 1. The van der Waals surface area contributed by atoms with Crippen molar-refractivity contribution in [2.24, 2.45) is 11.3 Å². The fraction of sp³-hybridized carbons (Fsp3) is 0.500. The predicted molar refractivity (Wildman–Crippen MR) is 149 cm³/mol. The Kier molecular flexibility index (Phi) is 8.77. The van der Waals surface area contributed by atoms with E-state index in [0.717, 1.165) is 24.0 Å². The van der Waals surface area contributed by atoms with Gasteiger partial charge in [-0.15, -0.1) is 0 Å². The van der Waals surface area contributed by atoms with Crippen molar-refractivity contribution >= 4 is 45.1 Å². The zero-order valence-electron chi connectivity index (χ0n) is 21.6. The molecule has 10 heteroatoms. The summed E-state index contributed by atoms with van der Waals surface area (Å²) in [4.78, 5) is 28.4. The average Bonchev–Trinajstić information content (AvgIpc) is 3.72. The first kappa shape index (κ1) is 28.9. The third-order valence-corrected chi connectivity index (χ3v) is 9.90. The molecule has 2 aliphatic rings. The number of carboxylic acids is 1. The van der Waals surface area contributed by atoms with Gasteiger partial charge in [-0.25, -0.2) is 13.1 Å². The van der Waals surface area contributed by atoms with Gasteiger partial charge in [0.25, 0.3) is 0 Å². The van der Waals surface area contributed by atoms with Gasteiger partial charge in [-0.3, -0.25) is 9.59 Å². The Morgan fingerprint density at radius 1 is 1.11 bits per heavy atom. The molecule has 1 aliphatic carbocycles. The van der Waals surface area contributed by atoms with Gasteiger partial charge in [0.05, 0.1) is 23.6 Å². The van der Waals surface area contributed by atoms with Crippen LogP contribution in [-0.4, -0.2) is 48.6 Å². The van der Waals surface area contributed by atoms with Crippen molar-refractivity contribution in [1.82, 2.24) is 9.62 Å². The van der Waals surface area contributed by atoms with Crippen LogP contribution in [0.1, 0.15) is 69.0 Å². The average molecular weight is 582 g/mol. The van der Waals surface area contributed by atoms with Gasteiger partial charge in [-0.2, -0.15) is 0 Å². The smallest absolute Gasteiger partial charge is 0.304 e. The Labute approximate surface area is 234 Å². The highest BCUT2D eigenvalue weighted by Crippen LogP contribution is 2.55. The second-order valence-electron chi connectivity index (χ2n) is 10.4. The molecule has 0 radical (unpaired) electrons. The molecule has 2 fully saturated rings. The van der Waals surface area contributed by atoms with Crippen LogP contribution in [0.4, 0.5) is 0 Å². The van der Waals surface area contributed by atoms with E-state index in [9.17, 15) is 23.1 Å². The van der Waals surface area contributed by atoms with Crippen molar-refractivity contribution < 1.29 is 23.1 Å². The Balaban J connectivity index is 1.91. The third kappa shape index (κ3) is 6.19. The quantitative estimate of drug-likeness (QED) is 0.358. The number of amides is 1. The SMILES string of the molecule is CC[C@@]1(CC(=O)O)C[C@H](c2cccc(Cl)c2)[C@@H](c2ccc(Cl)cc2)N([C@H](CNS(=O)(=O)CC)C2CC2)C1=O. The summed E-state index contributed by atoms with van der Waals surface area (Å²) < 4.78 is 27.6.